The summed E-state index contributed by atoms with van der Waals surface area (Å²) in [4.78, 5) is 35.9. The summed E-state index contributed by atoms with van der Waals surface area (Å²) in [6.07, 6.45) is 1.34. The molecular formula is C15H14N2O5. The highest BCUT2D eigenvalue weighted by Crippen LogP contribution is 2.42. The zero-order valence-corrected chi connectivity index (χ0v) is 11.9. The first kappa shape index (κ1) is 14.2. The second kappa shape index (κ2) is 4.94. The van der Waals surface area contributed by atoms with E-state index < -0.39 is 28.4 Å². The van der Waals surface area contributed by atoms with Crippen LogP contribution in [0.25, 0.3) is 0 Å². The highest BCUT2D eigenvalue weighted by atomic mass is 16.6. The number of nitrogens with zero attached hydrogens (tertiary/aromatic N) is 2. The quantitative estimate of drug-likeness (QED) is 0.663. The number of aliphatic hydroxyl groups is 1. The summed E-state index contributed by atoms with van der Waals surface area (Å²) in [7, 11) is 0. The number of benzene rings is 1. The zero-order chi connectivity index (χ0) is 16.0. The molecule has 1 unspecified atom stereocenters. The molecule has 2 aliphatic rings. The summed E-state index contributed by atoms with van der Waals surface area (Å²) in [5.41, 5.74) is 1.34. The molecule has 7 nitrogen and oxygen atoms in total. The highest BCUT2D eigenvalue weighted by Gasteiger charge is 2.44. The lowest BCUT2D eigenvalue weighted by atomic mass is 9.92. The standard InChI is InChI=1S/C15H14N2O5/c1-8(18)12-13-11-7-10(17(21)22)5-4-9(11)3-2-6-16(13)15(20)14(12)19/h4-5,7,13,19H,2-3,6H2,1H3. The molecular weight excluding hydrogens is 288 g/mol. The van der Waals surface area contributed by atoms with Crippen LogP contribution in [0, 0.1) is 10.1 Å². The van der Waals surface area contributed by atoms with Gasteiger partial charge in [-0.2, -0.15) is 0 Å². The molecule has 0 radical (unpaired) electrons. The fourth-order valence-electron chi connectivity index (χ4n) is 3.19. The Labute approximate surface area is 126 Å². The number of aryl methyl sites for hydroxylation is 1. The van der Waals surface area contributed by atoms with Crippen molar-refractivity contribution in [3.05, 3.63) is 50.8 Å². The van der Waals surface area contributed by atoms with Crippen LogP contribution in [0.1, 0.15) is 30.5 Å². The van der Waals surface area contributed by atoms with Gasteiger partial charge in [-0.15, -0.1) is 0 Å². The summed E-state index contributed by atoms with van der Waals surface area (Å²) in [6, 6.07) is 3.74. The maximum Gasteiger partial charge on any atom is 0.290 e. The van der Waals surface area contributed by atoms with Gasteiger partial charge in [-0.3, -0.25) is 19.7 Å². The van der Waals surface area contributed by atoms with Gasteiger partial charge in [-0.05, 0) is 30.9 Å². The van der Waals surface area contributed by atoms with E-state index in [4.69, 9.17) is 0 Å². The second-order valence-electron chi connectivity index (χ2n) is 5.46. The first-order valence-corrected chi connectivity index (χ1v) is 6.94. The van der Waals surface area contributed by atoms with Crippen LogP contribution in [0.2, 0.25) is 0 Å². The molecule has 7 heteroatoms. The van der Waals surface area contributed by atoms with Crippen LogP contribution in [0.3, 0.4) is 0 Å². The minimum Gasteiger partial charge on any atom is -0.503 e. The van der Waals surface area contributed by atoms with Gasteiger partial charge in [-0.25, -0.2) is 0 Å². The van der Waals surface area contributed by atoms with Crippen molar-refractivity contribution in [3.8, 4) is 0 Å². The van der Waals surface area contributed by atoms with Gasteiger partial charge in [0.2, 0.25) is 0 Å². The largest absolute Gasteiger partial charge is 0.503 e. The number of hydrogen-bond acceptors (Lipinski definition) is 5. The lowest BCUT2D eigenvalue weighted by Gasteiger charge is -2.24. The molecule has 1 atom stereocenters. The molecule has 114 valence electrons. The zero-order valence-electron chi connectivity index (χ0n) is 11.9. The number of fused-ring (bicyclic) bond motifs is 3. The average Bonchev–Trinajstić information content (AvgIpc) is 2.62. The smallest absolute Gasteiger partial charge is 0.290 e. The second-order valence-corrected chi connectivity index (χ2v) is 5.46. The molecule has 2 heterocycles. The molecule has 0 aromatic heterocycles. The van der Waals surface area contributed by atoms with Crippen LogP contribution in [0.15, 0.2) is 29.5 Å². The number of Topliss-reactive ketones (excluding diaryl/α,β-unsaturated/α-hetero) is 1. The Morgan fingerprint density at radius 3 is 2.82 bits per heavy atom. The van der Waals surface area contributed by atoms with Crippen molar-refractivity contribution in [3.63, 3.8) is 0 Å². The number of non-ortho nitro benzene ring substituents is 1. The van der Waals surface area contributed by atoms with Gasteiger partial charge in [0.15, 0.2) is 11.5 Å². The summed E-state index contributed by atoms with van der Waals surface area (Å²) >= 11 is 0. The Hall–Kier alpha value is -2.70. The average molecular weight is 302 g/mol. The van der Waals surface area contributed by atoms with Gasteiger partial charge >= 0.3 is 0 Å². The first-order chi connectivity index (χ1) is 10.4. The maximum absolute atomic E-state index is 12.2. The molecule has 1 aromatic carbocycles. The molecule has 2 aliphatic heterocycles. The molecule has 0 fully saturated rings. The van der Waals surface area contributed by atoms with Gasteiger partial charge in [0, 0.05) is 18.7 Å². The number of hydrogen-bond donors (Lipinski definition) is 1. The molecule has 1 amide bonds. The number of aliphatic hydroxyl groups excluding tert-OH is 1. The van der Waals surface area contributed by atoms with E-state index in [-0.39, 0.29) is 11.3 Å². The van der Waals surface area contributed by atoms with E-state index in [0.29, 0.717) is 24.9 Å². The number of amides is 1. The van der Waals surface area contributed by atoms with E-state index in [1.807, 2.05) is 0 Å². The van der Waals surface area contributed by atoms with Crippen molar-refractivity contribution in [2.45, 2.75) is 25.8 Å². The number of ketones is 1. The molecule has 3 rings (SSSR count). The Bertz CT molecular complexity index is 737. The fraction of sp³-hybridized carbons (Fsp3) is 0.333. The summed E-state index contributed by atoms with van der Waals surface area (Å²) in [5, 5.41) is 21.0. The van der Waals surface area contributed by atoms with Gasteiger partial charge < -0.3 is 10.0 Å². The van der Waals surface area contributed by atoms with Crippen molar-refractivity contribution in [1.29, 1.82) is 0 Å². The number of nitro benzene ring substituents is 1. The third-order valence-corrected chi connectivity index (χ3v) is 4.16. The van der Waals surface area contributed by atoms with Crippen LogP contribution in [-0.2, 0) is 16.0 Å². The molecule has 0 aliphatic carbocycles. The molecule has 0 saturated heterocycles. The number of carbonyl (C=O) groups excluding carboxylic acids is 2. The van der Waals surface area contributed by atoms with Gasteiger partial charge in [0.05, 0.1) is 16.5 Å². The van der Waals surface area contributed by atoms with Crippen molar-refractivity contribution in [2.75, 3.05) is 6.54 Å². The van der Waals surface area contributed by atoms with Crippen LogP contribution >= 0.6 is 0 Å². The summed E-state index contributed by atoms with van der Waals surface area (Å²) in [6.45, 7) is 1.68. The van der Waals surface area contributed by atoms with Crippen LogP contribution in [0.4, 0.5) is 5.69 Å². The lowest BCUT2D eigenvalue weighted by Crippen LogP contribution is -2.30. The van der Waals surface area contributed by atoms with Crippen LogP contribution < -0.4 is 0 Å². The molecule has 1 aromatic rings. The van der Waals surface area contributed by atoms with E-state index in [0.717, 1.165) is 5.56 Å². The normalized spacial score (nSPS) is 20.5. The molecule has 0 bridgehead atoms. The third kappa shape index (κ3) is 1.97. The molecule has 1 N–H and O–H groups in total. The maximum atomic E-state index is 12.2. The highest BCUT2D eigenvalue weighted by molar-refractivity contribution is 6.08. The van der Waals surface area contributed by atoms with Crippen molar-refractivity contribution in [1.82, 2.24) is 4.90 Å². The van der Waals surface area contributed by atoms with Crippen molar-refractivity contribution < 1.29 is 19.6 Å². The Kier molecular flexibility index (Phi) is 3.20. The van der Waals surface area contributed by atoms with E-state index in [1.54, 1.807) is 6.07 Å². The summed E-state index contributed by atoms with van der Waals surface area (Å²) in [5.74, 6) is -1.54. The number of carbonyl (C=O) groups is 2. The topological polar surface area (TPSA) is 101 Å². The summed E-state index contributed by atoms with van der Waals surface area (Å²) < 4.78 is 0. The van der Waals surface area contributed by atoms with Crippen LogP contribution in [-0.4, -0.2) is 33.2 Å². The Balaban J connectivity index is 2.22. The third-order valence-electron chi connectivity index (χ3n) is 4.16. The van der Waals surface area contributed by atoms with Crippen molar-refractivity contribution >= 4 is 17.4 Å². The van der Waals surface area contributed by atoms with Gasteiger partial charge in [0.25, 0.3) is 11.6 Å². The monoisotopic (exact) mass is 302 g/mol. The number of rotatable bonds is 2. The molecule has 0 saturated carbocycles. The molecule has 0 spiro atoms. The van der Waals surface area contributed by atoms with Gasteiger partial charge in [-0.1, -0.05) is 6.07 Å². The lowest BCUT2D eigenvalue weighted by molar-refractivity contribution is -0.385. The van der Waals surface area contributed by atoms with E-state index in [1.165, 1.54) is 24.0 Å². The van der Waals surface area contributed by atoms with E-state index >= 15 is 0 Å². The van der Waals surface area contributed by atoms with Crippen LogP contribution in [0.5, 0.6) is 0 Å². The van der Waals surface area contributed by atoms with E-state index in [9.17, 15) is 24.8 Å². The predicted molar refractivity (Wildman–Crippen MR) is 76.2 cm³/mol. The Morgan fingerprint density at radius 1 is 1.45 bits per heavy atom. The molecule has 22 heavy (non-hydrogen) atoms. The van der Waals surface area contributed by atoms with E-state index in [2.05, 4.69) is 0 Å². The SMILES string of the molecule is CC(=O)C1=C(O)C(=O)N2CCCc3ccc([N+](=O)[O-])cc3C12. The Morgan fingerprint density at radius 2 is 2.18 bits per heavy atom. The number of nitro groups is 1. The minimum atomic E-state index is -0.734. The van der Waals surface area contributed by atoms with Gasteiger partial charge in [0.1, 0.15) is 0 Å². The minimum absolute atomic E-state index is 0.0219. The van der Waals surface area contributed by atoms with Crippen molar-refractivity contribution in [2.24, 2.45) is 0 Å². The first-order valence-electron chi connectivity index (χ1n) is 6.94. The fourth-order valence-corrected chi connectivity index (χ4v) is 3.19. The predicted octanol–water partition coefficient (Wildman–Crippen LogP) is 1.83.